The topological polar surface area (TPSA) is 40.5 Å². The molecule has 1 fully saturated rings. The molecule has 1 aromatic carbocycles. The molecule has 0 spiro atoms. The summed E-state index contributed by atoms with van der Waals surface area (Å²) >= 11 is 0. The average Bonchev–Trinajstić information content (AvgIpc) is 2.70. The summed E-state index contributed by atoms with van der Waals surface area (Å²) in [4.78, 5) is 13.6. The number of hydrogen-bond donors (Lipinski definition) is 1. The van der Waals surface area contributed by atoms with Gasteiger partial charge in [-0.2, -0.15) is 0 Å². The third-order valence-corrected chi connectivity index (χ3v) is 3.81. The van der Waals surface area contributed by atoms with Crippen LogP contribution in [0.15, 0.2) is 24.3 Å². The van der Waals surface area contributed by atoms with Crippen molar-refractivity contribution in [3.8, 4) is 0 Å². The SMILES string of the molecule is CCC1CC(=O)N(CC(O)c2ccccc2C)C1. The number of amides is 1. The van der Waals surface area contributed by atoms with Crippen LogP contribution in [0.1, 0.15) is 37.0 Å². The Morgan fingerprint density at radius 2 is 2.17 bits per heavy atom. The number of benzene rings is 1. The normalized spacial score (nSPS) is 21.4. The minimum absolute atomic E-state index is 0.175. The molecule has 2 atom stereocenters. The monoisotopic (exact) mass is 247 g/mol. The molecule has 3 nitrogen and oxygen atoms in total. The number of carbonyl (C=O) groups excluding carboxylic acids is 1. The van der Waals surface area contributed by atoms with E-state index in [1.165, 1.54) is 0 Å². The molecule has 2 rings (SSSR count). The zero-order valence-corrected chi connectivity index (χ0v) is 11.1. The standard InChI is InChI=1S/C15H21NO2/c1-3-12-8-15(18)16(9-12)10-14(17)13-7-5-4-6-11(13)2/h4-7,12,14,17H,3,8-10H2,1-2H3. The van der Waals surface area contributed by atoms with Gasteiger partial charge in [0.15, 0.2) is 0 Å². The second-order valence-corrected chi connectivity index (χ2v) is 5.15. The van der Waals surface area contributed by atoms with Gasteiger partial charge in [-0.3, -0.25) is 4.79 Å². The van der Waals surface area contributed by atoms with E-state index in [1.807, 2.05) is 31.2 Å². The van der Waals surface area contributed by atoms with Crippen molar-refractivity contribution in [2.75, 3.05) is 13.1 Å². The molecule has 1 aromatic rings. The summed E-state index contributed by atoms with van der Waals surface area (Å²) in [6, 6.07) is 7.79. The van der Waals surface area contributed by atoms with Gasteiger partial charge in [0.2, 0.25) is 5.91 Å². The summed E-state index contributed by atoms with van der Waals surface area (Å²) in [6.45, 7) is 5.30. The van der Waals surface area contributed by atoms with Crippen LogP contribution in [-0.4, -0.2) is 29.0 Å². The lowest BCUT2D eigenvalue weighted by Crippen LogP contribution is -2.30. The van der Waals surface area contributed by atoms with E-state index in [0.29, 0.717) is 18.9 Å². The number of aliphatic hydroxyl groups is 1. The Morgan fingerprint density at radius 1 is 1.44 bits per heavy atom. The molecule has 1 N–H and O–H groups in total. The molecular weight excluding hydrogens is 226 g/mol. The molecule has 0 saturated carbocycles. The average molecular weight is 247 g/mol. The van der Waals surface area contributed by atoms with Crippen LogP contribution in [0.2, 0.25) is 0 Å². The van der Waals surface area contributed by atoms with E-state index in [4.69, 9.17) is 0 Å². The maximum Gasteiger partial charge on any atom is 0.223 e. The van der Waals surface area contributed by atoms with Crippen LogP contribution in [0.3, 0.4) is 0 Å². The van der Waals surface area contributed by atoms with E-state index in [1.54, 1.807) is 4.90 Å². The number of hydrogen-bond acceptors (Lipinski definition) is 2. The molecule has 0 bridgehead atoms. The summed E-state index contributed by atoms with van der Waals surface area (Å²) in [7, 11) is 0. The Labute approximate surface area is 108 Å². The number of aryl methyl sites for hydroxylation is 1. The molecule has 0 radical (unpaired) electrons. The first kappa shape index (κ1) is 13.1. The number of rotatable bonds is 4. The quantitative estimate of drug-likeness (QED) is 0.886. The van der Waals surface area contributed by atoms with E-state index in [9.17, 15) is 9.90 Å². The van der Waals surface area contributed by atoms with Crippen molar-refractivity contribution >= 4 is 5.91 Å². The van der Waals surface area contributed by atoms with Crippen LogP contribution in [0.5, 0.6) is 0 Å². The molecule has 0 aliphatic carbocycles. The first-order valence-electron chi connectivity index (χ1n) is 6.63. The zero-order chi connectivity index (χ0) is 13.1. The molecule has 0 aromatic heterocycles. The van der Waals surface area contributed by atoms with Crippen molar-refractivity contribution in [2.24, 2.45) is 5.92 Å². The minimum atomic E-state index is -0.578. The first-order valence-corrected chi connectivity index (χ1v) is 6.63. The Hall–Kier alpha value is -1.35. The van der Waals surface area contributed by atoms with Gasteiger partial charge in [0.05, 0.1) is 12.6 Å². The fraction of sp³-hybridized carbons (Fsp3) is 0.533. The predicted octanol–water partition coefficient (Wildman–Crippen LogP) is 2.29. The molecule has 98 valence electrons. The van der Waals surface area contributed by atoms with Gasteiger partial charge in [-0.05, 0) is 24.0 Å². The van der Waals surface area contributed by atoms with Crippen molar-refractivity contribution in [3.05, 3.63) is 35.4 Å². The second-order valence-electron chi connectivity index (χ2n) is 5.15. The van der Waals surface area contributed by atoms with Crippen LogP contribution >= 0.6 is 0 Å². The van der Waals surface area contributed by atoms with Gasteiger partial charge in [0.1, 0.15) is 0 Å². The van der Waals surface area contributed by atoms with Gasteiger partial charge in [-0.1, -0.05) is 37.6 Å². The van der Waals surface area contributed by atoms with E-state index >= 15 is 0 Å². The highest BCUT2D eigenvalue weighted by Crippen LogP contribution is 2.24. The van der Waals surface area contributed by atoms with Gasteiger partial charge in [0.25, 0.3) is 0 Å². The highest BCUT2D eigenvalue weighted by atomic mass is 16.3. The van der Waals surface area contributed by atoms with Gasteiger partial charge < -0.3 is 10.0 Å². The molecule has 18 heavy (non-hydrogen) atoms. The fourth-order valence-corrected chi connectivity index (χ4v) is 2.57. The molecule has 1 aliphatic heterocycles. The number of nitrogens with zero attached hydrogens (tertiary/aromatic N) is 1. The van der Waals surface area contributed by atoms with E-state index in [0.717, 1.165) is 24.1 Å². The van der Waals surface area contributed by atoms with E-state index in [2.05, 4.69) is 6.92 Å². The second kappa shape index (κ2) is 5.53. The van der Waals surface area contributed by atoms with Crippen molar-refractivity contribution in [1.29, 1.82) is 0 Å². The van der Waals surface area contributed by atoms with Crippen molar-refractivity contribution < 1.29 is 9.90 Å². The number of β-amino-alcohol motifs (C(OH)–C–C–N with tert-alkyl or cyclic N) is 1. The maximum atomic E-state index is 11.8. The van der Waals surface area contributed by atoms with Crippen LogP contribution in [-0.2, 0) is 4.79 Å². The molecule has 3 heteroatoms. The fourth-order valence-electron chi connectivity index (χ4n) is 2.57. The van der Waals surface area contributed by atoms with Crippen LogP contribution < -0.4 is 0 Å². The van der Waals surface area contributed by atoms with Crippen molar-refractivity contribution in [3.63, 3.8) is 0 Å². The summed E-state index contributed by atoms with van der Waals surface area (Å²) in [5.41, 5.74) is 1.99. The smallest absolute Gasteiger partial charge is 0.223 e. The van der Waals surface area contributed by atoms with Gasteiger partial charge in [-0.15, -0.1) is 0 Å². The van der Waals surface area contributed by atoms with Crippen molar-refractivity contribution in [1.82, 2.24) is 4.90 Å². The Balaban J connectivity index is 2.02. The zero-order valence-electron chi connectivity index (χ0n) is 11.1. The summed E-state index contributed by atoms with van der Waals surface area (Å²) in [5.74, 6) is 0.635. The molecule has 1 amide bonds. The largest absolute Gasteiger partial charge is 0.387 e. The number of carbonyl (C=O) groups is 1. The predicted molar refractivity (Wildman–Crippen MR) is 71.1 cm³/mol. The lowest BCUT2D eigenvalue weighted by Gasteiger charge is -2.21. The van der Waals surface area contributed by atoms with Crippen LogP contribution in [0, 0.1) is 12.8 Å². The third-order valence-electron chi connectivity index (χ3n) is 3.81. The Kier molecular flexibility index (Phi) is 4.02. The molecule has 1 saturated heterocycles. The van der Waals surface area contributed by atoms with Gasteiger partial charge in [0, 0.05) is 13.0 Å². The number of aliphatic hydroxyl groups excluding tert-OH is 1. The van der Waals surface area contributed by atoms with E-state index in [-0.39, 0.29) is 5.91 Å². The van der Waals surface area contributed by atoms with Gasteiger partial charge in [-0.25, -0.2) is 0 Å². The highest BCUT2D eigenvalue weighted by Gasteiger charge is 2.29. The lowest BCUT2D eigenvalue weighted by atomic mass is 10.0. The van der Waals surface area contributed by atoms with Crippen LogP contribution in [0.25, 0.3) is 0 Å². The third kappa shape index (κ3) is 2.72. The summed E-state index contributed by atoms with van der Waals surface area (Å²) in [6.07, 6.45) is 1.09. The molecule has 2 unspecified atom stereocenters. The van der Waals surface area contributed by atoms with Crippen LogP contribution in [0.4, 0.5) is 0 Å². The lowest BCUT2D eigenvalue weighted by molar-refractivity contribution is -0.129. The Morgan fingerprint density at radius 3 is 2.78 bits per heavy atom. The first-order chi connectivity index (χ1) is 8.61. The highest BCUT2D eigenvalue weighted by molar-refractivity contribution is 5.78. The molecule has 1 heterocycles. The maximum absolute atomic E-state index is 11.8. The molecular formula is C15H21NO2. The van der Waals surface area contributed by atoms with Crippen molar-refractivity contribution in [2.45, 2.75) is 32.8 Å². The van der Waals surface area contributed by atoms with E-state index < -0.39 is 6.10 Å². The summed E-state index contributed by atoms with van der Waals surface area (Å²) < 4.78 is 0. The summed E-state index contributed by atoms with van der Waals surface area (Å²) in [5, 5.41) is 10.2. The molecule has 1 aliphatic rings. The number of likely N-dealkylation sites (tertiary alicyclic amines) is 1. The van der Waals surface area contributed by atoms with Gasteiger partial charge >= 0.3 is 0 Å². The minimum Gasteiger partial charge on any atom is -0.387 e. The Bertz CT molecular complexity index is 430.